The number of hydrazine groups is 1. The van der Waals surface area contributed by atoms with Gasteiger partial charge in [0.1, 0.15) is 0 Å². The Hall–Kier alpha value is -0.520. The van der Waals surface area contributed by atoms with E-state index in [1.165, 1.54) is 23.5 Å². The maximum atomic E-state index is 5.65. The Kier molecular flexibility index (Phi) is 4.26. The van der Waals surface area contributed by atoms with E-state index in [-0.39, 0.29) is 0 Å². The highest BCUT2D eigenvalue weighted by atomic mass is 32.2. The van der Waals surface area contributed by atoms with Gasteiger partial charge in [-0.15, -0.1) is 0 Å². The Morgan fingerprint density at radius 3 is 3.19 bits per heavy atom. The minimum absolute atomic E-state index is 0.393. The summed E-state index contributed by atoms with van der Waals surface area (Å²) in [7, 11) is 0. The van der Waals surface area contributed by atoms with E-state index in [1.54, 1.807) is 0 Å². The van der Waals surface area contributed by atoms with Gasteiger partial charge in [0, 0.05) is 18.8 Å². The zero-order valence-corrected chi connectivity index (χ0v) is 10.5. The Balaban J connectivity index is 1.94. The van der Waals surface area contributed by atoms with E-state index in [2.05, 4.69) is 23.6 Å². The van der Waals surface area contributed by atoms with Gasteiger partial charge in [0.25, 0.3) is 0 Å². The minimum Gasteiger partial charge on any atom is -0.273 e. The molecule has 90 valence electrons. The predicted molar refractivity (Wildman–Crippen MR) is 68.1 cm³/mol. The first-order chi connectivity index (χ1) is 7.83. The largest absolute Gasteiger partial charge is 0.273 e. The number of hydrogen-bond acceptors (Lipinski definition) is 4. The molecule has 2 heterocycles. The van der Waals surface area contributed by atoms with E-state index in [9.17, 15) is 0 Å². The van der Waals surface area contributed by atoms with Crippen LogP contribution >= 0.6 is 11.8 Å². The first-order valence-corrected chi connectivity index (χ1v) is 7.04. The van der Waals surface area contributed by atoms with Crippen molar-refractivity contribution in [3.8, 4) is 0 Å². The van der Waals surface area contributed by atoms with Gasteiger partial charge in [0.2, 0.25) is 0 Å². The van der Waals surface area contributed by atoms with E-state index in [1.807, 2.05) is 22.6 Å². The van der Waals surface area contributed by atoms with Crippen LogP contribution in [0.5, 0.6) is 0 Å². The molecule has 3 N–H and O–H groups in total. The van der Waals surface area contributed by atoms with Gasteiger partial charge in [-0.1, -0.05) is 0 Å². The third kappa shape index (κ3) is 2.78. The summed E-state index contributed by atoms with van der Waals surface area (Å²) in [5.41, 5.74) is 4.25. The quantitative estimate of drug-likeness (QED) is 0.596. The van der Waals surface area contributed by atoms with Crippen LogP contribution in [0.15, 0.2) is 12.4 Å². The lowest BCUT2D eigenvalue weighted by Crippen LogP contribution is -2.42. The summed E-state index contributed by atoms with van der Waals surface area (Å²) in [6, 6.07) is 0.393. The molecule has 2 unspecified atom stereocenters. The van der Waals surface area contributed by atoms with Crippen molar-refractivity contribution in [2.45, 2.75) is 32.4 Å². The van der Waals surface area contributed by atoms with Crippen molar-refractivity contribution < 1.29 is 0 Å². The molecule has 0 bridgehead atoms. The molecule has 2 rings (SSSR count). The maximum absolute atomic E-state index is 5.65. The lowest BCUT2D eigenvalue weighted by atomic mass is 9.95. The molecule has 1 fully saturated rings. The molecule has 0 saturated carbocycles. The van der Waals surface area contributed by atoms with E-state index in [4.69, 9.17) is 5.84 Å². The fraction of sp³-hybridized carbons (Fsp3) is 0.727. The van der Waals surface area contributed by atoms with Crippen molar-refractivity contribution in [2.24, 2.45) is 11.8 Å². The van der Waals surface area contributed by atoms with Crippen LogP contribution in [-0.2, 0) is 13.0 Å². The summed E-state index contributed by atoms with van der Waals surface area (Å²) in [4.78, 5) is 0. The lowest BCUT2D eigenvalue weighted by Gasteiger charge is -2.21. The number of aromatic nitrogens is 2. The molecule has 16 heavy (non-hydrogen) atoms. The van der Waals surface area contributed by atoms with E-state index >= 15 is 0 Å². The van der Waals surface area contributed by atoms with Crippen molar-refractivity contribution in [3.05, 3.63) is 18.0 Å². The molecule has 1 aliphatic heterocycles. The third-order valence-corrected chi connectivity index (χ3v) is 4.40. The molecule has 0 aromatic carbocycles. The second-order valence-electron chi connectivity index (χ2n) is 4.31. The highest BCUT2D eigenvalue weighted by molar-refractivity contribution is 7.99. The number of nitrogens with zero attached hydrogens (tertiary/aromatic N) is 2. The van der Waals surface area contributed by atoms with Gasteiger partial charge in [-0.25, -0.2) is 0 Å². The van der Waals surface area contributed by atoms with Gasteiger partial charge in [0.15, 0.2) is 0 Å². The van der Waals surface area contributed by atoms with Crippen LogP contribution in [0.1, 0.15) is 18.9 Å². The Labute approximate surface area is 101 Å². The van der Waals surface area contributed by atoms with Crippen molar-refractivity contribution in [1.29, 1.82) is 0 Å². The number of nitrogens with one attached hydrogen (secondary N) is 1. The van der Waals surface area contributed by atoms with Crippen molar-refractivity contribution >= 4 is 11.8 Å². The summed E-state index contributed by atoms with van der Waals surface area (Å²) >= 11 is 2.03. The minimum atomic E-state index is 0.393. The number of rotatable bonds is 5. The molecular weight excluding hydrogens is 220 g/mol. The summed E-state index contributed by atoms with van der Waals surface area (Å²) in [6.45, 7) is 3.03. The van der Waals surface area contributed by atoms with Gasteiger partial charge in [-0.3, -0.25) is 16.0 Å². The van der Waals surface area contributed by atoms with E-state index in [0.717, 1.165) is 13.0 Å². The van der Waals surface area contributed by atoms with Crippen LogP contribution in [0, 0.1) is 5.92 Å². The first-order valence-electron chi connectivity index (χ1n) is 5.88. The highest BCUT2D eigenvalue weighted by Gasteiger charge is 2.24. The van der Waals surface area contributed by atoms with Crippen LogP contribution in [0.25, 0.3) is 0 Å². The average molecular weight is 240 g/mol. The predicted octanol–water partition coefficient (Wildman–Crippen LogP) is 1.03. The van der Waals surface area contributed by atoms with Crippen molar-refractivity contribution in [2.75, 3.05) is 11.5 Å². The van der Waals surface area contributed by atoms with Crippen LogP contribution in [-0.4, -0.2) is 27.3 Å². The number of nitrogens with two attached hydrogens (primary N) is 1. The highest BCUT2D eigenvalue weighted by Crippen LogP contribution is 2.27. The molecule has 0 spiro atoms. The second-order valence-corrected chi connectivity index (χ2v) is 5.46. The maximum Gasteiger partial charge on any atom is 0.0522 e. The Bertz CT molecular complexity index is 320. The van der Waals surface area contributed by atoms with Gasteiger partial charge in [0.05, 0.1) is 6.20 Å². The van der Waals surface area contributed by atoms with Crippen LogP contribution in [0.3, 0.4) is 0 Å². The SMILES string of the molecule is CCn1cc(CC(NN)C2CCSC2)cn1. The van der Waals surface area contributed by atoms with Crippen molar-refractivity contribution in [3.63, 3.8) is 0 Å². The van der Waals surface area contributed by atoms with Gasteiger partial charge >= 0.3 is 0 Å². The fourth-order valence-electron chi connectivity index (χ4n) is 2.17. The molecule has 4 nitrogen and oxygen atoms in total. The zero-order chi connectivity index (χ0) is 11.4. The van der Waals surface area contributed by atoms with Gasteiger partial charge in [-0.2, -0.15) is 16.9 Å². The first kappa shape index (κ1) is 12.0. The molecule has 1 aliphatic rings. The number of aryl methyl sites for hydroxylation is 1. The summed E-state index contributed by atoms with van der Waals surface area (Å²) < 4.78 is 1.96. The van der Waals surface area contributed by atoms with E-state index < -0.39 is 0 Å². The number of hydrogen-bond donors (Lipinski definition) is 2. The second kappa shape index (κ2) is 5.70. The molecule has 0 amide bonds. The normalized spacial score (nSPS) is 22.5. The van der Waals surface area contributed by atoms with E-state index in [0.29, 0.717) is 12.0 Å². The monoisotopic (exact) mass is 240 g/mol. The third-order valence-electron chi connectivity index (χ3n) is 3.21. The molecule has 5 heteroatoms. The summed E-state index contributed by atoms with van der Waals surface area (Å²) in [6.07, 6.45) is 6.34. The molecule has 1 aromatic heterocycles. The van der Waals surface area contributed by atoms with Crippen molar-refractivity contribution in [1.82, 2.24) is 15.2 Å². The Morgan fingerprint density at radius 2 is 2.62 bits per heavy atom. The van der Waals surface area contributed by atoms with Crippen LogP contribution < -0.4 is 11.3 Å². The molecular formula is C11H20N4S. The molecule has 1 saturated heterocycles. The molecule has 0 aliphatic carbocycles. The van der Waals surface area contributed by atoms with Gasteiger partial charge < -0.3 is 0 Å². The lowest BCUT2D eigenvalue weighted by molar-refractivity contribution is 0.386. The van der Waals surface area contributed by atoms with Crippen LogP contribution in [0.4, 0.5) is 0 Å². The fourth-order valence-corrected chi connectivity index (χ4v) is 3.51. The summed E-state index contributed by atoms with van der Waals surface area (Å²) in [5.74, 6) is 8.87. The smallest absolute Gasteiger partial charge is 0.0522 e. The Morgan fingerprint density at radius 1 is 1.75 bits per heavy atom. The zero-order valence-electron chi connectivity index (χ0n) is 9.72. The summed E-state index contributed by atoms with van der Waals surface area (Å²) in [5, 5.41) is 4.29. The molecule has 2 atom stereocenters. The average Bonchev–Trinajstić information content (AvgIpc) is 2.96. The standard InChI is InChI=1S/C11H20N4S/c1-2-15-7-9(6-13-15)5-11(14-12)10-3-4-16-8-10/h6-7,10-11,14H,2-5,8,12H2,1H3. The molecule has 0 radical (unpaired) electrons. The number of thioether (sulfide) groups is 1. The molecule has 1 aromatic rings. The van der Waals surface area contributed by atoms with Gasteiger partial charge in [-0.05, 0) is 42.8 Å². The topological polar surface area (TPSA) is 55.9 Å². The van der Waals surface area contributed by atoms with Crippen LogP contribution in [0.2, 0.25) is 0 Å².